The van der Waals surface area contributed by atoms with E-state index < -0.39 is 0 Å². The van der Waals surface area contributed by atoms with Crippen LogP contribution in [0.1, 0.15) is 23.9 Å². The van der Waals surface area contributed by atoms with Gasteiger partial charge in [-0.1, -0.05) is 0 Å². The predicted octanol–water partition coefficient (Wildman–Crippen LogP) is 2.17. The maximum Gasteiger partial charge on any atom is 0.287 e. The zero-order valence-electron chi connectivity index (χ0n) is 11.4. The van der Waals surface area contributed by atoms with Gasteiger partial charge in [-0.2, -0.15) is 0 Å². The standard InChI is InChI=1S/C15H18N2O3/c1-9-10(4-5-19-9)8-17-15(18)14-7-11-6-12(16)2-3-13(11)20-14/h2-3,6-7,9-10H,4-5,8,16H2,1H3,(H,17,18). The minimum atomic E-state index is -0.195. The minimum Gasteiger partial charge on any atom is -0.451 e. The number of hydrogen-bond donors (Lipinski definition) is 2. The highest BCUT2D eigenvalue weighted by Crippen LogP contribution is 2.22. The number of rotatable bonds is 3. The fraction of sp³-hybridized carbons (Fsp3) is 0.400. The molecular weight excluding hydrogens is 256 g/mol. The lowest BCUT2D eigenvalue weighted by Gasteiger charge is -2.13. The molecule has 5 heteroatoms. The summed E-state index contributed by atoms with van der Waals surface area (Å²) in [5, 5.41) is 3.74. The molecule has 0 bridgehead atoms. The zero-order chi connectivity index (χ0) is 14.1. The van der Waals surface area contributed by atoms with Crippen molar-refractivity contribution in [2.24, 2.45) is 5.92 Å². The maximum absolute atomic E-state index is 12.1. The summed E-state index contributed by atoms with van der Waals surface area (Å²) in [5.74, 6) is 0.495. The second-order valence-corrected chi connectivity index (χ2v) is 5.24. The van der Waals surface area contributed by atoms with Crippen molar-refractivity contribution in [2.45, 2.75) is 19.4 Å². The van der Waals surface area contributed by atoms with E-state index in [1.165, 1.54) is 0 Å². The van der Waals surface area contributed by atoms with Gasteiger partial charge < -0.3 is 20.2 Å². The number of carbonyl (C=O) groups excluding carboxylic acids is 1. The summed E-state index contributed by atoms with van der Waals surface area (Å²) in [7, 11) is 0. The normalized spacial score (nSPS) is 22.2. The molecule has 20 heavy (non-hydrogen) atoms. The molecule has 2 unspecified atom stereocenters. The molecule has 1 fully saturated rings. The molecule has 3 rings (SSSR count). The van der Waals surface area contributed by atoms with Crippen molar-refractivity contribution < 1.29 is 13.9 Å². The van der Waals surface area contributed by atoms with Crippen LogP contribution in [0.3, 0.4) is 0 Å². The maximum atomic E-state index is 12.1. The number of nitrogens with one attached hydrogen (secondary N) is 1. The van der Waals surface area contributed by atoms with Crippen molar-refractivity contribution >= 4 is 22.6 Å². The van der Waals surface area contributed by atoms with Crippen LogP contribution < -0.4 is 11.1 Å². The quantitative estimate of drug-likeness (QED) is 0.841. The average Bonchev–Trinajstić information content (AvgIpc) is 3.01. The van der Waals surface area contributed by atoms with Gasteiger partial charge in [0, 0.05) is 30.1 Å². The largest absolute Gasteiger partial charge is 0.451 e. The van der Waals surface area contributed by atoms with Crippen LogP contribution in [0.25, 0.3) is 11.0 Å². The van der Waals surface area contributed by atoms with Crippen molar-refractivity contribution in [1.82, 2.24) is 5.32 Å². The first kappa shape index (κ1) is 13.0. The molecule has 1 aromatic carbocycles. The van der Waals surface area contributed by atoms with Crippen LogP contribution in [0.2, 0.25) is 0 Å². The van der Waals surface area contributed by atoms with Gasteiger partial charge in [0.25, 0.3) is 5.91 Å². The third kappa shape index (κ3) is 2.49. The Labute approximate surface area is 117 Å². The lowest BCUT2D eigenvalue weighted by molar-refractivity contribution is 0.0886. The number of amides is 1. The molecule has 0 spiro atoms. The molecule has 5 nitrogen and oxygen atoms in total. The molecule has 2 atom stereocenters. The Morgan fingerprint density at radius 1 is 1.45 bits per heavy atom. The van der Waals surface area contributed by atoms with Gasteiger partial charge in [0.1, 0.15) is 5.58 Å². The van der Waals surface area contributed by atoms with E-state index in [4.69, 9.17) is 14.9 Å². The van der Waals surface area contributed by atoms with E-state index in [1.807, 2.05) is 6.92 Å². The van der Waals surface area contributed by atoms with E-state index in [0.29, 0.717) is 29.5 Å². The Hall–Kier alpha value is -2.01. The molecule has 0 saturated carbocycles. The topological polar surface area (TPSA) is 77.5 Å². The van der Waals surface area contributed by atoms with Gasteiger partial charge >= 0.3 is 0 Å². The van der Waals surface area contributed by atoms with Gasteiger partial charge in [0.05, 0.1) is 6.10 Å². The van der Waals surface area contributed by atoms with Crippen LogP contribution in [0.15, 0.2) is 28.7 Å². The highest BCUT2D eigenvalue weighted by atomic mass is 16.5. The number of furan rings is 1. The number of anilines is 1. The number of hydrogen-bond acceptors (Lipinski definition) is 4. The van der Waals surface area contributed by atoms with E-state index >= 15 is 0 Å². The fourth-order valence-corrected chi connectivity index (χ4v) is 2.53. The molecule has 0 aliphatic carbocycles. The van der Waals surface area contributed by atoms with E-state index in [2.05, 4.69) is 5.32 Å². The van der Waals surface area contributed by atoms with E-state index in [-0.39, 0.29) is 12.0 Å². The summed E-state index contributed by atoms with van der Waals surface area (Å²) in [6, 6.07) is 7.04. The smallest absolute Gasteiger partial charge is 0.287 e. The Balaban J connectivity index is 1.69. The van der Waals surface area contributed by atoms with Crippen LogP contribution in [0, 0.1) is 5.92 Å². The molecule has 1 saturated heterocycles. The Kier molecular flexibility index (Phi) is 3.36. The molecule has 0 radical (unpaired) electrons. The summed E-state index contributed by atoms with van der Waals surface area (Å²) >= 11 is 0. The Morgan fingerprint density at radius 2 is 2.30 bits per heavy atom. The Morgan fingerprint density at radius 3 is 3.05 bits per heavy atom. The summed E-state index contributed by atoms with van der Waals surface area (Å²) in [5.41, 5.74) is 7.03. The molecule has 1 aliphatic heterocycles. The van der Waals surface area contributed by atoms with Gasteiger partial charge in [-0.25, -0.2) is 0 Å². The summed E-state index contributed by atoms with van der Waals surface area (Å²) in [6.45, 7) is 3.42. The van der Waals surface area contributed by atoms with Crippen molar-refractivity contribution in [1.29, 1.82) is 0 Å². The van der Waals surface area contributed by atoms with Crippen LogP contribution in [0.5, 0.6) is 0 Å². The van der Waals surface area contributed by atoms with Gasteiger partial charge in [0.15, 0.2) is 5.76 Å². The van der Waals surface area contributed by atoms with Gasteiger partial charge in [0.2, 0.25) is 0 Å². The summed E-state index contributed by atoms with van der Waals surface area (Å²) in [4.78, 5) is 12.1. The van der Waals surface area contributed by atoms with Crippen molar-refractivity contribution in [3.63, 3.8) is 0 Å². The van der Waals surface area contributed by atoms with E-state index in [0.717, 1.165) is 18.4 Å². The first-order valence-electron chi connectivity index (χ1n) is 6.82. The molecule has 3 N–H and O–H groups in total. The van der Waals surface area contributed by atoms with E-state index in [1.54, 1.807) is 24.3 Å². The van der Waals surface area contributed by atoms with Crippen LogP contribution >= 0.6 is 0 Å². The van der Waals surface area contributed by atoms with Crippen LogP contribution in [-0.4, -0.2) is 25.2 Å². The lowest BCUT2D eigenvalue weighted by atomic mass is 10.0. The first-order valence-corrected chi connectivity index (χ1v) is 6.82. The molecule has 1 aromatic heterocycles. The van der Waals surface area contributed by atoms with Crippen molar-refractivity contribution in [3.05, 3.63) is 30.0 Å². The molecular formula is C15H18N2O3. The van der Waals surface area contributed by atoms with Crippen LogP contribution in [0.4, 0.5) is 5.69 Å². The Bertz CT molecular complexity index is 635. The molecule has 106 valence electrons. The van der Waals surface area contributed by atoms with E-state index in [9.17, 15) is 4.79 Å². The van der Waals surface area contributed by atoms with Crippen molar-refractivity contribution in [2.75, 3.05) is 18.9 Å². The number of nitrogen functional groups attached to an aromatic ring is 1. The number of carbonyl (C=O) groups is 1. The number of benzene rings is 1. The zero-order valence-corrected chi connectivity index (χ0v) is 11.4. The molecule has 2 aromatic rings. The fourth-order valence-electron chi connectivity index (χ4n) is 2.53. The van der Waals surface area contributed by atoms with Gasteiger partial charge in [-0.15, -0.1) is 0 Å². The third-order valence-electron chi connectivity index (χ3n) is 3.82. The highest BCUT2D eigenvalue weighted by molar-refractivity contribution is 5.96. The average molecular weight is 274 g/mol. The summed E-state index contributed by atoms with van der Waals surface area (Å²) < 4.78 is 11.0. The molecule has 2 heterocycles. The predicted molar refractivity (Wildman–Crippen MR) is 76.5 cm³/mol. The third-order valence-corrected chi connectivity index (χ3v) is 3.82. The SMILES string of the molecule is CC1OCCC1CNC(=O)c1cc2cc(N)ccc2o1. The second-order valence-electron chi connectivity index (χ2n) is 5.24. The number of fused-ring (bicyclic) bond motifs is 1. The second kappa shape index (κ2) is 5.17. The minimum absolute atomic E-state index is 0.195. The van der Waals surface area contributed by atoms with Crippen molar-refractivity contribution in [3.8, 4) is 0 Å². The van der Waals surface area contributed by atoms with Gasteiger partial charge in [-0.05, 0) is 37.6 Å². The number of nitrogens with two attached hydrogens (primary N) is 1. The molecule has 1 aliphatic rings. The monoisotopic (exact) mass is 274 g/mol. The highest BCUT2D eigenvalue weighted by Gasteiger charge is 2.25. The first-order chi connectivity index (χ1) is 9.63. The molecule has 1 amide bonds. The van der Waals surface area contributed by atoms with Crippen LogP contribution in [-0.2, 0) is 4.74 Å². The summed E-state index contributed by atoms with van der Waals surface area (Å²) in [6.07, 6.45) is 1.18. The lowest BCUT2D eigenvalue weighted by Crippen LogP contribution is -2.31. The van der Waals surface area contributed by atoms with Gasteiger partial charge in [-0.3, -0.25) is 4.79 Å². The number of ether oxygens (including phenoxy) is 1.